The summed E-state index contributed by atoms with van der Waals surface area (Å²) < 4.78 is 6.56. The molecule has 0 amide bonds. The molecule has 0 spiro atoms. The predicted octanol–water partition coefficient (Wildman–Crippen LogP) is 2.81. The fraction of sp³-hybridized carbons (Fsp3) is 0.0667. The van der Waals surface area contributed by atoms with Gasteiger partial charge < -0.3 is 4.74 Å². The zero-order valence-corrected chi connectivity index (χ0v) is 10.4. The fourth-order valence-electron chi connectivity index (χ4n) is 2.10. The summed E-state index contributed by atoms with van der Waals surface area (Å²) in [5.74, 6) is -0.366. The van der Waals surface area contributed by atoms with E-state index in [1.165, 1.54) is 7.11 Å². The molecule has 4 nitrogen and oxygen atoms in total. The van der Waals surface area contributed by atoms with Gasteiger partial charge in [-0.1, -0.05) is 30.3 Å². The molecule has 0 aliphatic rings. The van der Waals surface area contributed by atoms with Crippen LogP contribution in [0.1, 0.15) is 10.4 Å². The van der Waals surface area contributed by atoms with Crippen molar-refractivity contribution in [3.63, 3.8) is 0 Å². The smallest absolute Gasteiger partial charge is 0.340 e. The monoisotopic (exact) mass is 252 g/mol. The van der Waals surface area contributed by atoms with E-state index in [2.05, 4.69) is 5.10 Å². The van der Waals surface area contributed by atoms with Crippen LogP contribution >= 0.6 is 0 Å². The molecule has 94 valence electrons. The van der Waals surface area contributed by atoms with E-state index in [0.717, 1.165) is 16.6 Å². The molecule has 2 aromatic carbocycles. The minimum absolute atomic E-state index is 0.366. The highest BCUT2D eigenvalue weighted by molar-refractivity contribution is 5.94. The number of ether oxygens (including phenoxy) is 1. The lowest BCUT2D eigenvalue weighted by atomic mass is 10.1. The molecule has 0 saturated carbocycles. The van der Waals surface area contributed by atoms with Gasteiger partial charge in [0.15, 0.2) is 0 Å². The van der Waals surface area contributed by atoms with Gasteiger partial charge in [-0.15, -0.1) is 0 Å². The Balaban J connectivity index is 2.25. The van der Waals surface area contributed by atoms with Crippen LogP contribution in [0.3, 0.4) is 0 Å². The van der Waals surface area contributed by atoms with Crippen molar-refractivity contribution in [2.45, 2.75) is 0 Å². The summed E-state index contributed by atoms with van der Waals surface area (Å²) in [5.41, 5.74) is 2.17. The Morgan fingerprint density at radius 3 is 2.68 bits per heavy atom. The van der Waals surface area contributed by atoms with Gasteiger partial charge in [0, 0.05) is 5.39 Å². The number of methoxy groups -OCH3 is 1. The van der Waals surface area contributed by atoms with Crippen molar-refractivity contribution >= 4 is 16.9 Å². The van der Waals surface area contributed by atoms with Crippen molar-refractivity contribution in [3.8, 4) is 5.69 Å². The van der Waals surface area contributed by atoms with E-state index in [1.807, 2.05) is 36.4 Å². The van der Waals surface area contributed by atoms with Crippen LogP contribution in [-0.2, 0) is 4.74 Å². The van der Waals surface area contributed by atoms with Crippen LogP contribution in [0.15, 0.2) is 54.7 Å². The molecule has 0 saturated heterocycles. The summed E-state index contributed by atoms with van der Waals surface area (Å²) in [4.78, 5) is 11.8. The van der Waals surface area contributed by atoms with E-state index in [1.54, 1.807) is 23.0 Å². The third kappa shape index (κ3) is 1.87. The highest BCUT2D eigenvalue weighted by Gasteiger charge is 2.14. The zero-order valence-electron chi connectivity index (χ0n) is 10.4. The quantitative estimate of drug-likeness (QED) is 0.659. The van der Waals surface area contributed by atoms with Crippen molar-refractivity contribution in [2.24, 2.45) is 0 Å². The van der Waals surface area contributed by atoms with Gasteiger partial charge in [0.1, 0.15) is 0 Å². The van der Waals surface area contributed by atoms with E-state index >= 15 is 0 Å². The molecule has 1 aromatic heterocycles. The van der Waals surface area contributed by atoms with Crippen LogP contribution in [0, 0.1) is 0 Å². The third-order valence-electron chi connectivity index (χ3n) is 3.01. The number of fused-ring (bicyclic) bond motifs is 1. The van der Waals surface area contributed by atoms with Crippen LogP contribution in [0.25, 0.3) is 16.6 Å². The van der Waals surface area contributed by atoms with Crippen LogP contribution in [0.2, 0.25) is 0 Å². The number of aromatic nitrogens is 2. The molecule has 3 aromatic rings. The zero-order chi connectivity index (χ0) is 13.2. The van der Waals surface area contributed by atoms with E-state index in [-0.39, 0.29) is 5.97 Å². The fourth-order valence-corrected chi connectivity index (χ4v) is 2.10. The average Bonchev–Trinajstić information content (AvgIpc) is 2.90. The Morgan fingerprint density at radius 2 is 1.84 bits per heavy atom. The number of carbonyl (C=O) groups is 1. The molecule has 0 aliphatic carbocycles. The lowest BCUT2D eigenvalue weighted by Crippen LogP contribution is -2.08. The molecule has 0 fully saturated rings. The minimum atomic E-state index is -0.366. The van der Waals surface area contributed by atoms with Gasteiger partial charge >= 0.3 is 5.97 Å². The summed E-state index contributed by atoms with van der Waals surface area (Å²) >= 11 is 0. The SMILES string of the molecule is COC(=O)c1ccccc1-n1ncc2ccccc21. The standard InChI is InChI=1S/C15H12N2O2/c1-19-15(18)12-7-3-5-9-14(12)17-13-8-4-2-6-11(13)10-16-17/h2-10H,1H3. The Kier molecular flexibility index (Phi) is 2.76. The van der Waals surface area contributed by atoms with Gasteiger partial charge in [-0.2, -0.15) is 5.10 Å². The first-order valence-electron chi connectivity index (χ1n) is 5.92. The van der Waals surface area contributed by atoms with Crippen molar-refractivity contribution < 1.29 is 9.53 Å². The van der Waals surface area contributed by atoms with Crippen LogP contribution in [0.5, 0.6) is 0 Å². The summed E-state index contributed by atoms with van der Waals surface area (Å²) in [6.07, 6.45) is 1.78. The van der Waals surface area contributed by atoms with E-state index < -0.39 is 0 Å². The van der Waals surface area contributed by atoms with Crippen LogP contribution in [-0.4, -0.2) is 22.9 Å². The maximum Gasteiger partial charge on any atom is 0.340 e. The number of nitrogens with zero attached hydrogens (tertiary/aromatic N) is 2. The molecule has 3 rings (SSSR count). The molecule has 4 heteroatoms. The molecule has 0 bridgehead atoms. The first-order chi connectivity index (χ1) is 9.31. The normalized spacial score (nSPS) is 10.6. The van der Waals surface area contributed by atoms with Gasteiger partial charge in [-0.3, -0.25) is 0 Å². The lowest BCUT2D eigenvalue weighted by molar-refractivity contribution is 0.0600. The highest BCUT2D eigenvalue weighted by atomic mass is 16.5. The number of carbonyl (C=O) groups excluding carboxylic acids is 1. The van der Waals surface area contributed by atoms with Crippen molar-refractivity contribution in [1.29, 1.82) is 0 Å². The molecule has 0 N–H and O–H groups in total. The summed E-state index contributed by atoms with van der Waals surface area (Å²) in [7, 11) is 1.38. The van der Waals surface area contributed by atoms with E-state index in [0.29, 0.717) is 5.56 Å². The highest BCUT2D eigenvalue weighted by Crippen LogP contribution is 2.21. The molecule has 19 heavy (non-hydrogen) atoms. The Labute approximate surface area is 110 Å². The van der Waals surface area contributed by atoms with Crippen molar-refractivity contribution in [3.05, 3.63) is 60.3 Å². The maximum absolute atomic E-state index is 11.8. The van der Waals surface area contributed by atoms with E-state index in [4.69, 9.17) is 4.74 Å². The van der Waals surface area contributed by atoms with Crippen molar-refractivity contribution in [1.82, 2.24) is 9.78 Å². The first kappa shape index (κ1) is 11.5. The second-order valence-electron chi connectivity index (χ2n) is 4.12. The Bertz CT molecular complexity index is 746. The van der Waals surface area contributed by atoms with Crippen LogP contribution in [0.4, 0.5) is 0 Å². The van der Waals surface area contributed by atoms with Gasteiger partial charge in [0.25, 0.3) is 0 Å². The molecule has 0 radical (unpaired) electrons. The maximum atomic E-state index is 11.8. The Morgan fingerprint density at radius 1 is 1.11 bits per heavy atom. The minimum Gasteiger partial charge on any atom is -0.465 e. The first-order valence-corrected chi connectivity index (χ1v) is 5.92. The van der Waals surface area contributed by atoms with Gasteiger partial charge in [-0.05, 0) is 18.2 Å². The molecular formula is C15H12N2O2. The number of benzene rings is 2. The number of hydrogen-bond donors (Lipinski definition) is 0. The lowest BCUT2D eigenvalue weighted by Gasteiger charge is -2.08. The van der Waals surface area contributed by atoms with Gasteiger partial charge in [0.05, 0.1) is 30.1 Å². The largest absolute Gasteiger partial charge is 0.465 e. The summed E-state index contributed by atoms with van der Waals surface area (Å²) in [6, 6.07) is 15.1. The van der Waals surface area contributed by atoms with Gasteiger partial charge in [-0.25, -0.2) is 9.48 Å². The number of hydrogen-bond acceptors (Lipinski definition) is 3. The molecule has 1 heterocycles. The second-order valence-corrected chi connectivity index (χ2v) is 4.12. The van der Waals surface area contributed by atoms with Gasteiger partial charge in [0.2, 0.25) is 0 Å². The molecular weight excluding hydrogens is 240 g/mol. The average molecular weight is 252 g/mol. The molecule has 0 aliphatic heterocycles. The topological polar surface area (TPSA) is 44.1 Å². The van der Waals surface area contributed by atoms with Crippen LogP contribution < -0.4 is 0 Å². The second kappa shape index (κ2) is 4.57. The number of esters is 1. The molecule has 0 unspecified atom stereocenters. The third-order valence-corrected chi connectivity index (χ3v) is 3.01. The summed E-state index contributed by atoms with van der Waals surface area (Å²) in [5, 5.41) is 5.38. The van der Waals surface area contributed by atoms with Crippen molar-refractivity contribution in [2.75, 3.05) is 7.11 Å². The summed E-state index contributed by atoms with van der Waals surface area (Å²) in [6.45, 7) is 0. The number of rotatable bonds is 2. The molecule has 0 atom stereocenters. The Hall–Kier alpha value is -2.62. The van der Waals surface area contributed by atoms with E-state index in [9.17, 15) is 4.79 Å². The number of para-hydroxylation sites is 2. The predicted molar refractivity (Wildman–Crippen MR) is 72.4 cm³/mol.